The molecule has 0 spiro atoms. The number of carbonyl (C=O) groups is 1. The zero-order valence-corrected chi connectivity index (χ0v) is 11.5. The Labute approximate surface area is 122 Å². The van der Waals surface area contributed by atoms with Crippen molar-refractivity contribution < 1.29 is 19.0 Å². The van der Waals surface area contributed by atoms with Crippen LogP contribution in [0, 0.1) is 5.82 Å². The SMILES string of the molecule is C/C=C/C(=O)c1cc(OCc2ccc(F)cc2)ccc1O. The largest absolute Gasteiger partial charge is 0.507 e. The second-order valence-electron chi connectivity index (χ2n) is 4.46. The molecule has 0 fully saturated rings. The van der Waals surface area contributed by atoms with Gasteiger partial charge in [0.25, 0.3) is 0 Å². The molecule has 0 aliphatic rings. The minimum absolute atomic E-state index is 0.0905. The van der Waals surface area contributed by atoms with E-state index in [1.807, 2.05) is 0 Å². The van der Waals surface area contributed by atoms with Gasteiger partial charge in [0.15, 0.2) is 5.78 Å². The molecule has 2 aromatic rings. The fraction of sp³-hybridized carbons (Fsp3) is 0.118. The highest BCUT2D eigenvalue weighted by Gasteiger charge is 2.10. The van der Waals surface area contributed by atoms with Crippen LogP contribution in [0.15, 0.2) is 54.6 Å². The van der Waals surface area contributed by atoms with Crippen molar-refractivity contribution in [3.8, 4) is 11.5 Å². The maximum absolute atomic E-state index is 12.8. The Morgan fingerprint density at radius 1 is 1.24 bits per heavy atom. The average molecular weight is 286 g/mol. The summed E-state index contributed by atoms with van der Waals surface area (Å²) in [5.74, 6) is -0.220. The Bertz CT molecular complexity index is 660. The normalized spacial score (nSPS) is 10.8. The molecule has 1 N–H and O–H groups in total. The molecule has 0 aromatic heterocycles. The van der Waals surface area contributed by atoms with Crippen molar-refractivity contribution in [3.63, 3.8) is 0 Å². The van der Waals surface area contributed by atoms with Gasteiger partial charge < -0.3 is 9.84 Å². The number of carbonyl (C=O) groups excluding carboxylic acids is 1. The van der Waals surface area contributed by atoms with Gasteiger partial charge in [0.2, 0.25) is 0 Å². The number of phenols is 1. The molecule has 108 valence electrons. The maximum Gasteiger partial charge on any atom is 0.189 e. The molecule has 0 heterocycles. The fourth-order valence-electron chi connectivity index (χ4n) is 1.79. The molecule has 2 aromatic carbocycles. The van der Waals surface area contributed by atoms with Gasteiger partial charge in [0.05, 0.1) is 5.56 Å². The molecule has 0 aliphatic heterocycles. The predicted octanol–water partition coefficient (Wildman–Crippen LogP) is 3.87. The number of phenolic OH excluding ortho intramolecular Hbond substituents is 1. The minimum atomic E-state index is -0.303. The molecule has 0 atom stereocenters. The number of rotatable bonds is 5. The highest BCUT2D eigenvalue weighted by atomic mass is 19.1. The van der Waals surface area contributed by atoms with Crippen LogP contribution >= 0.6 is 0 Å². The van der Waals surface area contributed by atoms with Crippen molar-refractivity contribution in [2.24, 2.45) is 0 Å². The van der Waals surface area contributed by atoms with E-state index in [1.165, 1.54) is 30.3 Å². The van der Waals surface area contributed by atoms with Crippen LogP contribution in [0.3, 0.4) is 0 Å². The molecule has 4 heteroatoms. The predicted molar refractivity (Wildman–Crippen MR) is 78.0 cm³/mol. The first kappa shape index (κ1) is 14.8. The van der Waals surface area contributed by atoms with Gasteiger partial charge in [-0.2, -0.15) is 0 Å². The van der Waals surface area contributed by atoms with E-state index in [0.717, 1.165) is 5.56 Å². The summed E-state index contributed by atoms with van der Waals surface area (Å²) in [6.45, 7) is 1.98. The maximum atomic E-state index is 12.8. The molecule has 0 amide bonds. The van der Waals surface area contributed by atoms with E-state index >= 15 is 0 Å². The zero-order valence-electron chi connectivity index (χ0n) is 11.5. The number of halogens is 1. The first-order valence-corrected chi connectivity index (χ1v) is 6.47. The average Bonchev–Trinajstić information content (AvgIpc) is 2.48. The number of ether oxygens (including phenoxy) is 1. The van der Waals surface area contributed by atoms with Gasteiger partial charge in [-0.05, 0) is 48.9 Å². The second-order valence-corrected chi connectivity index (χ2v) is 4.46. The first-order valence-electron chi connectivity index (χ1n) is 6.47. The van der Waals surface area contributed by atoms with Crippen LogP contribution in [0.25, 0.3) is 0 Å². The second kappa shape index (κ2) is 6.70. The third kappa shape index (κ3) is 3.92. The topological polar surface area (TPSA) is 46.5 Å². The van der Waals surface area contributed by atoms with Gasteiger partial charge in [-0.1, -0.05) is 18.2 Å². The summed E-state index contributed by atoms with van der Waals surface area (Å²) in [6, 6.07) is 10.4. The van der Waals surface area contributed by atoms with Crippen molar-refractivity contribution in [2.45, 2.75) is 13.5 Å². The van der Waals surface area contributed by atoms with Crippen LogP contribution in [0.1, 0.15) is 22.8 Å². The number of benzene rings is 2. The highest BCUT2D eigenvalue weighted by Crippen LogP contribution is 2.24. The summed E-state index contributed by atoms with van der Waals surface area (Å²) in [5.41, 5.74) is 0.996. The third-order valence-corrected chi connectivity index (χ3v) is 2.87. The summed E-state index contributed by atoms with van der Waals surface area (Å²) in [7, 11) is 0. The molecule has 0 unspecified atom stereocenters. The smallest absolute Gasteiger partial charge is 0.189 e. The first-order chi connectivity index (χ1) is 10.1. The van der Waals surface area contributed by atoms with Gasteiger partial charge in [0.1, 0.15) is 23.9 Å². The van der Waals surface area contributed by atoms with Crippen molar-refractivity contribution in [1.82, 2.24) is 0 Å². The van der Waals surface area contributed by atoms with E-state index in [-0.39, 0.29) is 29.5 Å². The molecule has 0 aliphatic carbocycles. The van der Waals surface area contributed by atoms with Gasteiger partial charge >= 0.3 is 0 Å². The Hall–Kier alpha value is -2.62. The van der Waals surface area contributed by atoms with Crippen LogP contribution in [-0.4, -0.2) is 10.9 Å². The van der Waals surface area contributed by atoms with Gasteiger partial charge in [0, 0.05) is 0 Å². The summed E-state index contributed by atoms with van der Waals surface area (Å²) in [4.78, 5) is 11.8. The Morgan fingerprint density at radius 2 is 1.95 bits per heavy atom. The number of allylic oxidation sites excluding steroid dienone is 2. The van der Waals surface area contributed by atoms with E-state index in [0.29, 0.717) is 5.75 Å². The summed E-state index contributed by atoms with van der Waals surface area (Å²) >= 11 is 0. The zero-order chi connectivity index (χ0) is 15.2. The van der Waals surface area contributed by atoms with Crippen LogP contribution in [0.5, 0.6) is 11.5 Å². The third-order valence-electron chi connectivity index (χ3n) is 2.87. The Morgan fingerprint density at radius 3 is 2.62 bits per heavy atom. The quantitative estimate of drug-likeness (QED) is 0.670. The number of aromatic hydroxyl groups is 1. The van der Waals surface area contributed by atoms with E-state index in [1.54, 1.807) is 31.2 Å². The fourth-order valence-corrected chi connectivity index (χ4v) is 1.79. The van der Waals surface area contributed by atoms with Crippen molar-refractivity contribution >= 4 is 5.78 Å². The molecule has 3 nitrogen and oxygen atoms in total. The van der Waals surface area contributed by atoms with Gasteiger partial charge in [-0.3, -0.25) is 4.79 Å². The van der Waals surface area contributed by atoms with E-state index in [4.69, 9.17) is 4.74 Å². The van der Waals surface area contributed by atoms with E-state index in [9.17, 15) is 14.3 Å². The van der Waals surface area contributed by atoms with Crippen molar-refractivity contribution in [3.05, 3.63) is 71.6 Å². The standard InChI is InChI=1S/C17H15FO3/c1-2-3-16(19)15-10-14(8-9-17(15)20)21-11-12-4-6-13(18)7-5-12/h2-10,20H,11H2,1H3/b3-2+. The van der Waals surface area contributed by atoms with Gasteiger partial charge in [-0.25, -0.2) is 4.39 Å². The minimum Gasteiger partial charge on any atom is -0.507 e. The Balaban J connectivity index is 2.12. The number of hydrogen-bond donors (Lipinski definition) is 1. The molecule has 0 radical (unpaired) electrons. The summed E-state index contributed by atoms with van der Waals surface area (Å²) < 4.78 is 18.3. The van der Waals surface area contributed by atoms with Crippen LogP contribution in [-0.2, 0) is 6.61 Å². The molecule has 2 rings (SSSR count). The Kier molecular flexibility index (Phi) is 4.72. The molecular formula is C17H15FO3. The molecule has 0 saturated carbocycles. The monoisotopic (exact) mass is 286 g/mol. The lowest BCUT2D eigenvalue weighted by Gasteiger charge is -2.08. The van der Waals surface area contributed by atoms with E-state index < -0.39 is 0 Å². The number of ketones is 1. The molecular weight excluding hydrogens is 271 g/mol. The highest BCUT2D eigenvalue weighted by molar-refractivity contribution is 6.06. The lowest BCUT2D eigenvalue weighted by Crippen LogP contribution is -1.99. The van der Waals surface area contributed by atoms with Crippen molar-refractivity contribution in [2.75, 3.05) is 0 Å². The van der Waals surface area contributed by atoms with Crippen molar-refractivity contribution in [1.29, 1.82) is 0 Å². The van der Waals surface area contributed by atoms with E-state index in [2.05, 4.69) is 0 Å². The lowest BCUT2D eigenvalue weighted by atomic mass is 10.1. The molecule has 21 heavy (non-hydrogen) atoms. The lowest BCUT2D eigenvalue weighted by molar-refractivity contribution is 0.104. The number of hydrogen-bond acceptors (Lipinski definition) is 3. The molecule has 0 bridgehead atoms. The summed E-state index contributed by atoms with van der Waals surface area (Å²) in [6.07, 6.45) is 2.98. The van der Waals surface area contributed by atoms with Crippen LogP contribution in [0.4, 0.5) is 4.39 Å². The molecule has 0 saturated heterocycles. The van der Waals surface area contributed by atoms with Gasteiger partial charge in [-0.15, -0.1) is 0 Å². The van der Waals surface area contributed by atoms with Crippen LogP contribution < -0.4 is 4.74 Å². The summed E-state index contributed by atoms with van der Waals surface area (Å²) in [5, 5.41) is 9.70. The van der Waals surface area contributed by atoms with Crippen LogP contribution in [0.2, 0.25) is 0 Å².